The van der Waals surface area contributed by atoms with Crippen molar-refractivity contribution in [2.45, 2.75) is 6.42 Å². The molecule has 0 saturated carbocycles. The van der Waals surface area contributed by atoms with Crippen molar-refractivity contribution in [3.8, 4) is 0 Å². The molecular formula is C7H13N5O2S. The number of nitrogens with two attached hydrogens (primary N) is 1. The van der Waals surface area contributed by atoms with Crippen LogP contribution in [-0.2, 0) is 11.0 Å². The van der Waals surface area contributed by atoms with Crippen LogP contribution in [0.3, 0.4) is 0 Å². The molecule has 7 nitrogen and oxygen atoms in total. The summed E-state index contributed by atoms with van der Waals surface area (Å²) in [5, 5.41) is 3.11. The Bertz CT molecular complexity index is 284. The normalized spacial score (nSPS) is 23.6. The Kier molecular flexibility index (Phi) is 4.95. The van der Waals surface area contributed by atoms with Crippen LogP contribution in [0, 0.1) is 0 Å². The lowest BCUT2D eigenvalue weighted by Gasteiger charge is -2.13. The summed E-state index contributed by atoms with van der Waals surface area (Å²) in [6.07, 6.45) is 4.23. The fourth-order valence-electron chi connectivity index (χ4n) is 0.991. The van der Waals surface area contributed by atoms with Crippen LogP contribution in [0.5, 0.6) is 0 Å². The van der Waals surface area contributed by atoms with E-state index >= 15 is 0 Å². The number of primary amides is 1. The van der Waals surface area contributed by atoms with Gasteiger partial charge in [0.1, 0.15) is 0 Å². The standard InChI is InChI=1S/C4H10N4O.C3H3NOS/c5-4(9)7-8-3-1-2-6-8;5-6-3-1-2-4-6/h6H,1-3H2,(H3,5,7,9);1-3H. The number of carbonyl (C=O) groups is 1. The third kappa shape index (κ3) is 5.25. The zero-order valence-electron chi connectivity index (χ0n) is 8.05. The van der Waals surface area contributed by atoms with Crippen molar-refractivity contribution >= 4 is 23.2 Å². The van der Waals surface area contributed by atoms with Gasteiger partial charge in [0.05, 0.1) is 0 Å². The summed E-state index contributed by atoms with van der Waals surface area (Å²) in [7, 11) is -1.03. The van der Waals surface area contributed by atoms with E-state index in [0.717, 1.165) is 19.5 Å². The van der Waals surface area contributed by atoms with Crippen LogP contribution in [0.1, 0.15) is 6.42 Å². The van der Waals surface area contributed by atoms with Crippen molar-refractivity contribution in [1.29, 1.82) is 0 Å². The second-order valence-electron chi connectivity index (χ2n) is 2.75. The predicted molar refractivity (Wildman–Crippen MR) is 57.8 cm³/mol. The summed E-state index contributed by atoms with van der Waals surface area (Å²) in [6, 6.07) is -0.524. The Morgan fingerprint density at radius 3 is 2.80 bits per heavy atom. The SMILES string of the molecule is NC(=O)NN1CCCN1.O=S1C=CC=N1. The lowest BCUT2D eigenvalue weighted by atomic mass is 10.5. The molecule has 0 radical (unpaired) electrons. The maximum absolute atomic E-state index is 10.2. The lowest BCUT2D eigenvalue weighted by Crippen LogP contribution is -2.48. The monoisotopic (exact) mass is 231 g/mol. The number of urea groups is 1. The van der Waals surface area contributed by atoms with Gasteiger partial charge in [0.2, 0.25) is 0 Å². The largest absolute Gasteiger partial charge is 0.351 e. The molecule has 2 aliphatic heterocycles. The van der Waals surface area contributed by atoms with E-state index in [4.69, 9.17) is 5.73 Å². The molecule has 0 aromatic rings. The van der Waals surface area contributed by atoms with Crippen LogP contribution in [0.15, 0.2) is 15.9 Å². The molecule has 2 rings (SSSR count). The fourth-order valence-corrected chi connectivity index (χ4v) is 1.46. The van der Waals surface area contributed by atoms with Crippen LogP contribution in [-0.4, -0.2) is 34.7 Å². The Morgan fingerprint density at radius 2 is 2.47 bits per heavy atom. The number of hydrazine groups is 2. The van der Waals surface area contributed by atoms with Crippen molar-refractivity contribution in [2.24, 2.45) is 10.1 Å². The van der Waals surface area contributed by atoms with Gasteiger partial charge >= 0.3 is 6.03 Å². The second-order valence-corrected chi connectivity index (χ2v) is 3.78. The molecule has 8 heteroatoms. The van der Waals surface area contributed by atoms with E-state index in [1.54, 1.807) is 11.2 Å². The van der Waals surface area contributed by atoms with Crippen molar-refractivity contribution in [3.05, 3.63) is 11.5 Å². The number of hydrogen-bond donors (Lipinski definition) is 3. The summed E-state index contributed by atoms with van der Waals surface area (Å²) in [5.74, 6) is 0. The van der Waals surface area contributed by atoms with Crippen molar-refractivity contribution < 1.29 is 9.00 Å². The number of rotatable bonds is 1. The first-order valence-electron chi connectivity index (χ1n) is 4.37. The van der Waals surface area contributed by atoms with Crippen LogP contribution in [0.4, 0.5) is 4.79 Å². The van der Waals surface area contributed by atoms with Gasteiger partial charge in [-0.15, -0.1) is 0 Å². The Balaban J connectivity index is 0.000000162. The highest BCUT2D eigenvalue weighted by Crippen LogP contribution is 1.90. The molecule has 1 fully saturated rings. The third-order valence-corrected chi connectivity index (χ3v) is 2.27. The maximum Gasteiger partial charge on any atom is 0.327 e. The molecule has 15 heavy (non-hydrogen) atoms. The quantitative estimate of drug-likeness (QED) is 0.540. The molecule has 4 N–H and O–H groups in total. The summed E-state index contributed by atoms with van der Waals surface area (Å²) < 4.78 is 13.5. The minimum Gasteiger partial charge on any atom is -0.351 e. The van der Waals surface area contributed by atoms with Crippen LogP contribution in [0.2, 0.25) is 0 Å². The number of nitrogens with zero attached hydrogens (tertiary/aromatic N) is 2. The highest BCUT2D eigenvalue weighted by atomic mass is 32.2. The first-order chi connectivity index (χ1) is 7.18. The molecule has 0 bridgehead atoms. The smallest absolute Gasteiger partial charge is 0.327 e. The van der Waals surface area contributed by atoms with Crippen molar-refractivity contribution in [1.82, 2.24) is 16.0 Å². The van der Waals surface area contributed by atoms with Gasteiger partial charge in [0, 0.05) is 24.7 Å². The van der Waals surface area contributed by atoms with Crippen molar-refractivity contribution in [3.63, 3.8) is 0 Å². The first kappa shape index (κ1) is 11.8. The van der Waals surface area contributed by atoms with Crippen LogP contribution in [0.25, 0.3) is 0 Å². The fraction of sp³-hybridized carbons (Fsp3) is 0.429. The zero-order valence-corrected chi connectivity index (χ0v) is 8.87. The minimum absolute atomic E-state index is 0.524. The number of hydrogen-bond acceptors (Lipinski definition) is 4. The highest BCUT2D eigenvalue weighted by Gasteiger charge is 2.10. The molecule has 2 heterocycles. The van der Waals surface area contributed by atoms with Gasteiger partial charge in [0.15, 0.2) is 11.0 Å². The average Bonchev–Trinajstić information content (AvgIpc) is 2.78. The Morgan fingerprint density at radius 1 is 1.67 bits per heavy atom. The Hall–Kier alpha value is -1.25. The van der Waals surface area contributed by atoms with Crippen LogP contribution >= 0.6 is 0 Å². The van der Waals surface area contributed by atoms with E-state index in [-0.39, 0.29) is 0 Å². The number of carbonyl (C=O) groups excluding carboxylic acids is 1. The van der Waals surface area contributed by atoms with E-state index in [1.165, 1.54) is 11.6 Å². The van der Waals surface area contributed by atoms with E-state index in [0.29, 0.717) is 0 Å². The van der Waals surface area contributed by atoms with E-state index in [9.17, 15) is 9.00 Å². The number of amides is 2. The number of nitrogens with one attached hydrogen (secondary N) is 2. The Labute approximate surface area is 89.9 Å². The first-order valence-corrected chi connectivity index (χ1v) is 5.54. The molecule has 2 aliphatic rings. The number of allylic oxidation sites excluding steroid dienone is 1. The molecule has 84 valence electrons. The average molecular weight is 231 g/mol. The molecular weight excluding hydrogens is 218 g/mol. The topological polar surface area (TPSA) is 99.8 Å². The molecule has 0 aromatic carbocycles. The summed E-state index contributed by atoms with van der Waals surface area (Å²) >= 11 is 0. The van der Waals surface area contributed by atoms with Gasteiger partial charge in [-0.25, -0.2) is 14.4 Å². The summed E-state index contributed by atoms with van der Waals surface area (Å²) in [6.45, 7) is 1.73. The van der Waals surface area contributed by atoms with E-state index in [2.05, 4.69) is 15.2 Å². The molecule has 0 aliphatic carbocycles. The molecule has 2 amide bonds. The summed E-state index contributed by atoms with van der Waals surface area (Å²) in [4.78, 5) is 10.2. The molecule has 0 spiro atoms. The van der Waals surface area contributed by atoms with E-state index < -0.39 is 17.0 Å². The summed E-state index contributed by atoms with van der Waals surface area (Å²) in [5.41, 5.74) is 10.2. The minimum atomic E-state index is -1.03. The van der Waals surface area contributed by atoms with Crippen molar-refractivity contribution in [2.75, 3.05) is 13.1 Å². The van der Waals surface area contributed by atoms with E-state index in [1.807, 2.05) is 0 Å². The lowest BCUT2D eigenvalue weighted by molar-refractivity contribution is 0.168. The maximum atomic E-state index is 10.2. The molecule has 1 saturated heterocycles. The molecule has 1 unspecified atom stereocenters. The third-order valence-electron chi connectivity index (χ3n) is 1.55. The van der Waals surface area contributed by atoms with Gasteiger partial charge in [-0.2, -0.15) is 9.52 Å². The van der Waals surface area contributed by atoms with Gasteiger partial charge in [-0.3, -0.25) is 5.43 Å². The van der Waals surface area contributed by atoms with Gasteiger partial charge in [0.25, 0.3) is 0 Å². The molecule has 1 atom stereocenters. The zero-order chi connectivity index (χ0) is 11.1. The molecule has 0 aromatic heterocycles. The van der Waals surface area contributed by atoms with Gasteiger partial charge in [-0.05, 0) is 12.5 Å². The van der Waals surface area contributed by atoms with Gasteiger partial charge < -0.3 is 5.73 Å². The van der Waals surface area contributed by atoms with Gasteiger partial charge in [-0.1, -0.05) is 0 Å². The predicted octanol–water partition coefficient (Wildman–Crippen LogP) is -0.972. The highest BCUT2D eigenvalue weighted by molar-refractivity contribution is 7.87. The second kappa shape index (κ2) is 6.27. The van der Waals surface area contributed by atoms with Crippen LogP contribution < -0.4 is 16.6 Å².